The highest BCUT2D eigenvalue weighted by Crippen LogP contribution is 2.18. The van der Waals surface area contributed by atoms with Gasteiger partial charge < -0.3 is 14.6 Å². The lowest BCUT2D eigenvalue weighted by atomic mass is 10.2. The Morgan fingerprint density at radius 2 is 1.83 bits per heavy atom. The number of hydrogen-bond donors (Lipinski definition) is 1. The SMILES string of the molecule is CC(C)(C)OC(=O)COc1ccccc1C(=O)O. The number of para-hydroxylation sites is 1. The molecule has 0 aliphatic carbocycles. The van der Waals surface area contributed by atoms with E-state index >= 15 is 0 Å². The number of aromatic carboxylic acids is 1. The zero-order valence-electron chi connectivity index (χ0n) is 10.6. The van der Waals surface area contributed by atoms with E-state index in [4.69, 9.17) is 14.6 Å². The number of carbonyl (C=O) groups is 2. The monoisotopic (exact) mass is 252 g/mol. The van der Waals surface area contributed by atoms with Gasteiger partial charge in [0.05, 0.1) is 0 Å². The molecular weight excluding hydrogens is 236 g/mol. The van der Waals surface area contributed by atoms with E-state index < -0.39 is 17.5 Å². The molecule has 0 saturated heterocycles. The van der Waals surface area contributed by atoms with Crippen molar-refractivity contribution in [3.8, 4) is 5.75 Å². The molecule has 0 bridgehead atoms. The second-order valence-electron chi connectivity index (χ2n) is 4.68. The minimum atomic E-state index is -1.10. The van der Waals surface area contributed by atoms with Gasteiger partial charge in [-0.05, 0) is 32.9 Å². The van der Waals surface area contributed by atoms with Crippen LogP contribution in [0.25, 0.3) is 0 Å². The summed E-state index contributed by atoms with van der Waals surface area (Å²) < 4.78 is 10.2. The Balaban J connectivity index is 2.64. The van der Waals surface area contributed by atoms with Gasteiger partial charge in [-0.3, -0.25) is 0 Å². The summed E-state index contributed by atoms with van der Waals surface area (Å²) >= 11 is 0. The third-order valence-corrected chi connectivity index (χ3v) is 1.88. The average Bonchev–Trinajstić information content (AvgIpc) is 2.24. The van der Waals surface area contributed by atoms with Gasteiger partial charge in [-0.15, -0.1) is 0 Å². The minimum Gasteiger partial charge on any atom is -0.481 e. The largest absolute Gasteiger partial charge is 0.481 e. The lowest BCUT2D eigenvalue weighted by Crippen LogP contribution is -2.27. The van der Waals surface area contributed by atoms with E-state index in [1.54, 1.807) is 32.9 Å². The average molecular weight is 252 g/mol. The Morgan fingerprint density at radius 1 is 1.22 bits per heavy atom. The molecule has 0 heterocycles. The number of benzene rings is 1. The Labute approximate surface area is 105 Å². The van der Waals surface area contributed by atoms with E-state index in [2.05, 4.69) is 0 Å². The van der Waals surface area contributed by atoms with Crippen molar-refractivity contribution in [1.82, 2.24) is 0 Å². The molecule has 0 aromatic heterocycles. The molecule has 0 unspecified atom stereocenters. The van der Waals surface area contributed by atoms with Crippen LogP contribution in [0.1, 0.15) is 31.1 Å². The molecule has 0 radical (unpaired) electrons. The first-order valence-corrected chi connectivity index (χ1v) is 5.46. The van der Waals surface area contributed by atoms with Crippen LogP contribution in [0.15, 0.2) is 24.3 Å². The van der Waals surface area contributed by atoms with Gasteiger partial charge in [-0.25, -0.2) is 9.59 Å². The minimum absolute atomic E-state index is 0.0149. The van der Waals surface area contributed by atoms with Crippen molar-refractivity contribution in [3.05, 3.63) is 29.8 Å². The summed E-state index contributed by atoms with van der Waals surface area (Å²) in [5, 5.41) is 8.92. The summed E-state index contributed by atoms with van der Waals surface area (Å²) in [7, 11) is 0. The van der Waals surface area contributed by atoms with Gasteiger partial charge in [0.25, 0.3) is 0 Å². The van der Waals surface area contributed by atoms with Crippen LogP contribution in [0.5, 0.6) is 5.75 Å². The molecule has 0 amide bonds. The van der Waals surface area contributed by atoms with Crippen LogP contribution in [0.3, 0.4) is 0 Å². The van der Waals surface area contributed by atoms with E-state index in [1.807, 2.05) is 0 Å². The molecule has 0 aliphatic rings. The Bertz CT molecular complexity index is 445. The molecule has 0 aliphatic heterocycles. The van der Waals surface area contributed by atoms with Crippen LogP contribution in [0.2, 0.25) is 0 Å². The standard InChI is InChI=1S/C13H16O5/c1-13(2,3)18-11(14)8-17-10-7-5-4-6-9(10)12(15)16/h4-7H,8H2,1-3H3,(H,15,16). The molecule has 18 heavy (non-hydrogen) atoms. The lowest BCUT2D eigenvalue weighted by Gasteiger charge is -2.19. The third kappa shape index (κ3) is 4.45. The second-order valence-corrected chi connectivity index (χ2v) is 4.68. The predicted molar refractivity (Wildman–Crippen MR) is 64.7 cm³/mol. The molecule has 5 nitrogen and oxygen atoms in total. The van der Waals surface area contributed by atoms with Gasteiger partial charge in [0.2, 0.25) is 0 Å². The van der Waals surface area contributed by atoms with E-state index in [1.165, 1.54) is 12.1 Å². The molecule has 0 atom stereocenters. The molecule has 98 valence electrons. The zero-order valence-corrected chi connectivity index (χ0v) is 10.6. The van der Waals surface area contributed by atoms with Crippen molar-refractivity contribution in [2.45, 2.75) is 26.4 Å². The highest BCUT2D eigenvalue weighted by molar-refractivity contribution is 5.90. The van der Waals surface area contributed by atoms with Crippen LogP contribution in [0, 0.1) is 0 Å². The maximum absolute atomic E-state index is 11.4. The van der Waals surface area contributed by atoms with Crippen LogP contribution in [-0.2, 0) is 9.53 Å². The maximum Gasteiger partial charge on any atom is 0.344 e. The summed E-state index contributed by atoms with van der Waals surface area (Å²) in [5.74, 6) is -1.49. The molecule has 1 aromatic rings. The van der Waals surface area contributed by atoms with Gasteiger partial charge in [0.1, 0.15) is 16.9 Å². The third-order valence-electron chi connectivity index (χ3n) is 1.88. The zero-order chi connectivity index (χ0) is 13.8. The van der Waals surface area contributed by atoms with Gasteiger partial charge in [-0.1, -0.05) is 12.1 Å². The van der Waals surface area contributed by atoms with E-state index in [9.17, 15) is 9.59 Å². The van der Waals surface area contributed by atoms with Crippen molar-refractivity contribution in [1.29, 1.82) is 0 Å². The summed E-state index contributed by atoms with van der Waals surface area (Å²) in [4.78, 5) is 22.3. The number of rotatable bonds is 4. The molecule has 5 heteroatoms. The molecule has 1 rings (SSSR count). The van der Waals surface area contributed by atoms with Crippen molar-refractivity contribution < 1.29 is 24.2 Å². The summed E-state index contributed by atoms with van der Waals surface area (Å²) in [5.41, 5.74) is -0.576. The smallest absolute Gasteiger partial charge is 0.344 e. The van der Waals surface area contributed by atoms with Crippen molar-refractivity contribution in [3.63, 3.8) is 0 Å². The molecule has 1 N–H and O–H groups in total. The molecular formula is C13H16O5. The first-order chi connectivity index (χ1) is 8.29. The first-order valence-electron chi connectivity index (χ1n) is 5.46. The number of hydrogen-bond acceptors (Lipinski definition) is 4. The topological polar surface area (TPSA) is 72.8 Å². The predicted octanol–water partition coefficient (Wildman–Crippen LogP) is 2.11. The van der Waals surface area contributed by atoms with E-state index in [-0.39, 0.29) is 17.9 Å². The molecule has 0 spiro atoms. The summed E-state index contributed by atoms with van der Waals surface area (Å²) in [6.45, 7) is 4.92. The number of carboxylic acid groups (broad SMARTS) is 1. The molecule has 0 saturated carbocycles. The Kier molecular flexibility index (Phi) is 4.31. The maximum atomic E-state index is 11.4. The number of carbonyl (C=O) groups excluding carboxylic acids is 1. The fourth-order valence-corrected chi connectivity index (χ4v) is 1.28. The number of carboxylic acids is 1. The normalized spacial score (nSPS) is 10.8. The number of ether oxygens (including phenoxy) is 2. The Morgan fingerprint density at radius 3 is 2.39 bits per heavy atom. The highest BCUT2D eigenvalue weighted by atomic mass is 16.6. The molecule has 0 fully saturated rings. The summed E-state index contributed by atoms with van der Waals surface area (Å²) in [6, 6.07) is 6.13. The quantitative estimate of drug-likeness (QED) is 0.831. The van der Waals surface area contributed by atoms with Gasteiger partial charge >= 0.3 is 11.9 Å². The van der Waals surface area contributed by atoms with Gasteiger partial charge in [0, 0.05) is 0 Å². The fraction of sp³-hybridized carbons (Fsp3) is 0.385. The van der Waals surface area contributed by atoms with Crippen LogP contribution in [0.4, 0.5) is 0 Å². The van der Waals surface area contributed by atoms with Crippen LogP contribution >= 0.6 is 0 Å². The van der Waals surface area contributed by atoms with Crippen molar-refractivity contribution in [2.24, 2.45) is 0 Å². The van der Waals surface area contributed by atoms with E-state index in [0.717, 1.165) is 0 Å². The van der Waals surface area contributed by atoms with Crippen molar-refractivity contribution >= 4 is 11.9 Å². The Hall–Kier alpha value is -2.04. The number of esters is 1. The van der Waals surface area contributed by atoms with Crippen LogP contribution in [-0.4, -0.2) is 29.3 Å². The fourth-order valence-electron chi connectivity index (χ4n) is 1.28. The first kappa shape index (κ1) is 14.0. The highest BCUT2D eigenvalue weighted by Gasteiger charge is 2.17. The lowest BCUT2D eigenvalue weighted by molar-refractivity contribution is -0.157. The van der Waals surface area contributed by atoms with Gasteiger partial charge in [-0.2, -0.15) is 0 Å². The molecule has 1 aromatic carbocycles. The van der Waals surface area contributed by atoms with Crippen molar-refractivity contribution in [2.75, 3.05) is 6.61 Å². The van der Waals surface area contributed by atoms with E-state index in [0.29, 0.717) is 0 Å². The van der Waals surface area contributed by atoms with Gasteiger partial charge in [0.15, 0.2) is 6.61 Å². The van der Waals surface area contributed by atoms with Crippen LogP contribution < -0.4 is 4.74 Å². The summed E-state index contributed by atoms with van der Waals surface area (Å²) in [6.07, 6.45) is 0. The second kappa shape index (κ2) is 5.53.